The molecular weight excluding hydrogens is 429 g/mol. The molecule has 0 spiro atoms. The van der Waals surface area contributed by atoms with E-state index in [2.05, 4.69) is 42.6 Å². The predicted molar refractivity (Wildman–Crippen MR) is 123 cm³/mol. The lowest BCUT2D eigenvalue weighted by Gasteiger charge is -2.32. The van der Waals surface area contributed by atoms with E-state index in [1.165, 1.54) is 17.7 Å². The molecule has 0 aliphatic carbocycles. The Kier molecular flexibility index (Phi) is 5.85. The molecule has 0 radical (unpaired) electrons. The van der Waals surface area contributed by atoms with Gasteiger partial charge in [0.25, 0.3) is 5.91 Å². The molecule has 2 N–H and O–H groups in total. The summed E-state index contributed by atoms with van der Waals surface area (Å²) < 4.78 is 40.8. The number of nitrogens with zero attached hydrogens (tertiary/aromatic N) is 1. The van der Waals surface area contributed by atoms with Gasteiger partial charge in [-0.25, -0.2) is 17.5 Å². The van der Waals surface area contributed by atoms with Crippen molar-refractivity contribution in [1.29, 1.82) is 0 Å². The second kappa shape index (κ2) is 8.33. The number of likely N-dealkylation sites (tertiary alicyclic amines) is 1. The maximum Gasteiger partial charge on any atom is 0.270 e. The van der Waals surface area contributed by atoms with E-state index in [0.29, 0.717) is 31.6 Å². The van der Waals surface area contributed by atoms with Crippen molar-refractivity contribution in [3.05, 3.63) is 65.6 Å². The molecule has 1 aliphatic heterocycles. The quantitative estimate of drug-likeness (QED) is 0.616. The summed E-state index contributed by atoms with van der Waals surface area (Å²) in [7, 11) is -3.73. The summed E-state index contributed by atoms with van der Waals surface area (Å²) in [5.41, 5.74) is 2.69. The average Bonchev–Trinajstić information content (AvgIpc) is 3.17. The van der Waals surface area contributed by atoms with E-state index in [1.54, 1.807) is 4.90 Å². The predicted octanol–water partition coefficient (Wildman–Crippen LogP) is 4.19. The lowest BCUT2D eigenvalue weighted by Crippen LogP contribution is -2.46. The van der Waals surface area contributed by atoms with Gasteiger partial charge in [0.15, 0.2) is 0 Å². The molecule has 1 aromatic heterocycles. The number of benzene rings is 2. The van der Waals surface area contributed by atoms with Gasteiger partial charge in [-0.05, 0) is 60.2 Å². The zero-order valence-corrected chi connectivity index (χ0v) is 19.3. The SMILES string of the molecule is CC(C)(C)c1ccc2cc(C(=O)N3CCC(NS(=O)(=O)c4ccc(F)cc4)CC3)[nH]c2c1. The smallest absolute Gasteiger partial charge is 0.270 e. The van der Waals surface area contributed by atoms with Crippen LogP contribution in [0.15, 0.2) is 53.4 Å². The number of piperidine rings is 1. The highest BCUT2D eigenvalue weighted by Gasteiger charge is 2.28. The summed E-state index contributed by atoms with van der Waals surface area (Å²) in [5.74, 6) is -0.569. The van der Waals surface area contributed by atoms with Crippen molar-refractivity contribution >= 4 is 26.8 Å². The fraction of sp³-hybridized carbons (Fsp3) is 0.375. The average molecular weight is 458 g/mol. The molecule has 2 aromatic carbocycles. The van der Waals surface area contributed by atoms with Crippen LogP contribution >= 0.6 is 0 Å². The number of hydrogen-bond acceptors (Lipinski definition) is 3. The summed E-state index contributed by atoms with van der Waals surface area (Å²) in [6.07, 6.45) is 1.03. The van der Waals surface area contributed by atoms with Crippen LogP contribution in [0.2, 0.25) is 0 Å². The van der Waals surface area contributed by atoms with Gasteiger partial charge in [-0.2, -0.15) is 0 Å². The number of carbonyl (C=O) groups is 1. The fourth-order valence-corrected chi connectivity index (χ4v) is 5.29. The molecule has 0 bridgehead atoms. The maximum atomic E-state index is 13.1. The Morgan fingerprint density at radius 1 is 1.06 bits per heavy atom. The number of aromatic amines is 1. The molecule has 3 aromatic rings. The highest BCUT2D eigenvalue weighted by molar-refractivity contribution is 7.89. The normalized spacial score (nSPS) is 15.9. The largest absolute Gasteiger partial charge is 0.351 e. The number of halogens is 1. The molecule has 1 aliphatic rings. The Morgan fingerprint density at radius 3 is 2.34 bits per heavy atom. The minimum absolute atomic E-state index is 0.0204. The van der Waals surface area contributed by atoms with Crippen molar-refractivity contribution in [3.63, 3.8) is 0 Å². The van der Waals surface area contributed by atoms with Crippen LogP contribution in [0.5, 0.6) is 0 Å². The number of rotatable bonds is 4. The number of nitrogens with one attached hydrogen (secondary N) is 2. The van der Waals surface area contributed by atoms with E-state index in [-0.39, 0.29) is 22.3 Å². The zero-order valence-electron chi connectivity index (χ0n) is 18.5. The molecular formula is C24H28FN3O3S. The van der Waals surface area contributed by atoms with Gasteiger partial charge in [-0.15, -0.1) is 0 Å². The van der Waals surface area contributed by atoms with Crippen molar-refractivity contribution in [1.82, 2.24) is 14.6 Å². The molecule has 1 amide bonds. The van der Waals surface area contributed by atoms with Crippen LogP contribution in [-0.2, 0) is 15.4 Å². The Labute approximate surface area is 187 Å². The monoisotopic (exact) mass is 457 g/mol. The zero-order chi connectivity index (χ0) is 23.1. The first-order valence-electron chi connectivity index (χ1n) is 10.7. The maximum absolute atomic E-state index is 13.1. The lowest BCUT2D eigenvalue weighted by atomic mass is 9.87. The summed E-state index contributed by atoms with van der Waals surface area (Å²) in [4.78, 5) is 18.0. The first-order chi connectivity index (χ1) is 15.0. The van der Waals surface area contributed by atoms with Crippen LogP contribution in [0.1, 0.15) is 49.7 Å². The molecule has 1 fully saturated rings. The minimum atomic E-state index is -3.73. The second-order valence-corrected chi connectivity index (χ2v) is 11.1. The molecule has 6 nitrogen and oxygen atoms in total. The van der Waals surface area contributed by atoms with Crippen molar-refractivity contribution < 1.29 is 17.6 Å². The van der Waals surface area contributed by atoms with E-state index < -0.39 is 15.8 Å². The van der Waals surface area contributed by atoms with E-state index in [9.17, 15) is 17.6 Å². The van der Waals surface area contributed by atoms with Gasteiger partial charge in [0.05, 0.1) is 4.90 Å². The molecule has 32 heavy (non-hydrogen) atoms. The van der Waals surface area contributed by atoms with Crippen molar-refractivity contribution in [2.75, 3.05) is 13.1 Å². The van der Waals surface area contributed by atoms with Gasteiger partial charge in [0, 0.05) is 30.0 Å². The van der Waals surface area contributed by atoms with Gasteiger partial charge in [-0.3, -0.25) is 4.79 Å². The topological polar surface area (TPSA) is 82.3 Å². The van der Waals surface area contributed by atoms with Crippen LogP contribution < -0.4 is 4.72 Å². The van der Waals surface area contributed by atoms with E-state index in [4.69, 9.17) is 0 Å². The number of fused-ring (bicyclic) bond motifs is 1. The third-order valence-electron chi connectivity index (χ3n) is 5.95. The van der Waals surface area contributed by atoms with Crippen molar-refractivity contribution in [2.45, 2.75) is 50.0 Å². The van der Waals surface area contributed by atoms with Gasteiger partial charge in [-0.1, -0.05) is 32.9 Å². The summed E-state index contributed by atoms with van der Waals surface area (Å²) in [6, 6.07) is 12.5. The molecule has 0 saturated carbocycles. The van der Waals surface area contributed by atoms with Crippen LogP contribution in [0.4, 0.5) is 4.39 Å². The van der Waals surface area contributed by atoms with Crippen molar-refractivity contribution in [2.24, 2.45) is 0 Å². The Hall–Kier alpha value is -2.71. The lowest BCUT2D eigenvalue weighted by molar-refractivity contribution is 0.0706. The number of hydrogen-bond donors (Lipinski definition) is 2. The third kappa shape index (κ3) is 4.71. The third-order valence-corrected chi connectivity index (χ3v) is 7.48. The molecule has 0 unspecified atom stereocenters. The molecule has 2 heterocycles. The highest BCUT2D eigenvalue weighted by atomic mass is 32.2. The molecule has 4 rings (SSSR count). The van der Waals surface area contributed by atoms with E-state index >= 15 is 0 Å². The second-order valence-electron chi connectivity index (χ2n) is 9.38. The highest BCUT2D eigenvalue weighted by Crippen LogP contribution is 2.27. The summed E-state index contributed by atoms with van der Waals surface area (Å²) in [6.45, 7) is 7.36. The molecule has 1 saturated heterocycles. The number of carbonyl (C=O) groups excluding carboxylic acids is 1. The van der Waals surface area contributed by atoms with Crippen LogP contribution in [0, 0.1) is 5.82 Å². The minimum Gasteiger partial charge on any atom is -0.351 e. The fourth-order valence-electron chi connectivity index (χ4n) is 3.98. The van der Waals surface area contributed by atoms with Crippen molar-refractivity contribution in [3.8, 4) is 0 Å². The van der Waals surface area contributed by atoms with Crippen LogP contribution in [-0.4, -0.2) is 43.3 Å². The number of amides is 1. The van der Waals surface area contributed by atoms with Crippen LogP contribution in [0.25, 0.3) is 10.9 Å². The van der Waals surface area contributed by atoms with Gasteiger partial charge in [0.1, 0.15) is 11.5 Å². The van der Waals surface area contributed by atoms with Gasteiger partial charge in [0.2, 0.25) is 10.0 Å². The first kappa shape index (κ1) is 22.5. The number of H-pyrrole nitrogens is 1. The van der Waals surface area contributed by atoms with Crippen LogP contribution in [0.3, 0.4) is 0 Å². The number of sulfonamides is 1. The Morgan fingerprint density at radius 2 is 1.72 bits per heavy atom. The Bertz CT molecular complexity index is 1240. The molecule has 170 valence electrons. The summed E-state index contributed by atoms with van der Waals surface area (Å²) >= 11 is 0. The first-order valence-corrected chi connectivity index (χ1v) is 12.2. The van der Waals surface area contributed by atoms with E-state index in [0.717, 1.165) is 23.0 Å². The van der Waals surface area contributed by atoms with E-state index in [1.807, 2.05) is 12.1 Å². The summed E-state index contributed by atoms with van der Waals surface area (Å²) in [5, 5.41) is 0.989. The Balaban J connectivity index is 1.40. The molecule has 0 atom stereocenters. The number of aromatic nitrogens is 1. The van der Waals surface area contributed by atoms with Gasteiger partial charge >= 0.3 is 0 Å². The standard InChI is InChI=1S/C24H28FN3O3S/c1-24(2,3)17-5-4-16-14-22(26-21(16)15-17)23(29)28-12-10-19(11-13-28)27-32(30,31)20-8-6-18(25)7-9-20/h4-9,14-15,19,26-27H,10-13H2,1-3H3. The van der Waals surface area contributed by atoms with Gasteiger partial charge < -0.3 is 9.88 Å². The molecule has 8 heteroatoms.